The first-order valence-electron chi connectivity index (χ1n) is 6.43. The average Bonchev–Trinajstić information content (AvgIpc) is 2.61. The highest BCUT2D eigenvalue weighted by Crippen LogP contribution is 2.32. The van der Waals surface area contributed by atoms with E-state index in [1.807, 2.05) is 0 Å². The fourth-order valence-electron chi connectivity index (χ4n) is 2.33. The van der Waals surface area contributed by atoms with Gasteiger partial charge in [-0.05, 0) is 24.4 Å². The lowest BCUT2D eigenvalue weighted by Crippen LogP contribution is -2.24. The van der Waals surface area contributed by atoms with Crippen LogP contribution < -0.4 is 0 Å². The van der Waals surface area contributed by atoms with Gasteiger partial charge in [-0.2, -0.15) is 0 Å². The van der Waals surface area contributed by atoms with Crippen LogP contribution >= 0.6 is 11.6 Å². The van der Waals surface area contributed by atoms with Crippen molar-refractivity contribution < 1.29 is 0 Å². The van der Waals surface area contributed by atoms with Crippen molar-refractivity contribution in [3.05, 3.63) is 11.1 Å². The fourth-order valence-corrected chi connectivity index (χ4v) is 2.60. The second kappa shape index (κ2) is 5.38. The zero-order valence-electron chi connectivity index (χ0n) is 11.8. The normalized spacial score (nSPS) is 14.4. The summed E-state index contributed by atoms with van der Waals surface area (Å²) >= 11 is 6.19. The van der Waals surface area contributed by atoms with Crippen LogP contribution in [-0.2, 0) is 5.41 Å². The minimum atomic E-state index is -0.0273. The zero-order chi connectivity index (χ0) is 13.2. The summed E-state index contributed by atoms with van der Waals surface area (Å²) in [6.07, 6.45) is 2.30. The van der Waals surface area contributed by atoms with Crippen LogP contribution in [0, 0.1) is 5.92 Å². The summed E-state index contributed by atoms with van der Waals surface area (Å²) in [7, 11) is 0. The number of halogens is 1. The summed E-state index contributed by atoms with van der Waals surface area (Å²) in [6, 6.07) is 0.349. The predicted octanol–water partition coefficient (Wildman–Crippen LogP) is 4.23. The van der Waals surface area contributed by atoms with Crippen molar-refractivity contribution in [1.82, 2.24) is 14.8 Å². The molecule has 0 saturated heterocycles. The van der Waals surface area contributed by atoms with Gasteiger partial charge in [-0.25, -0.2) is 0 Å². The number of nitrogens with zero attached hydrogens (tertiary/aromatic N) is 3. The molecule has 4 heteroatoms. The molecule has 3 nitrogen and oxygen atoms in total. The quantitative estimate of drug-likeness (QED) is 0.808. The van der Waals surface area contributed by atoms with Crippen LogP contribution in [0.25, 0.3) is 0 Å². The lowest BCUT2D eigenvalue weighted by atomic mass is 9.92. The molecule has 0 aromatic carbocycles. The second-order valence-electron chi connectivity index (χ2n) is 5.73. The lowest BCUT2D eigenvalue weighted by Gasteiger charge is -2.28. The molecule has 0 fully saturated rings. The van der Waals surface area contributed by atoms with Crippen molar-refractivity contribution in [2.24, 2.45) is 5.92 Å². The van der Waals surface area contributed by atoms with Gasteiger partial charge in [0.15, 0.2) is 0 Å². The molecule has 0 radical (unpaired) electrons. The first kappa shape index (κ1) is 14.5. The fraction of sp³-hybridized carbons (Fsp3) is 0.846. The molecule has 1 aromatic rings. The Balaban J connectivity index is 3.16. The van der Waals surface area contributed by atoms with Crippen molar-refractivity contribution >= 4 is 11.6 Å². The molecule has 0 bridgehead atoms. The van der Waals surface area contributed by atoms with E-state index in [0.29, 0.717) is 17.2 Å². The van der Waals surface area contributed by atoms with Crippen molar-refractivity contribution in [2.45, 2.75) is 65.8 Å². The predicted molar refractivity (Wildman–Crippen MR) is 72.5 cm³/mol. The molecule has 0 saturated carbocycles. The van der Waals surface area contributed by atoms with Crippen LogP contribution in [0.4, 0.5) is 0 Å². The lowest BCUT2D eigenvalue weighted by molar-refractivity contribution is 0.314. The van der Waals surface area contributed by atoms with E-state index in [-0.39, 0.29) is 5.41 Å². The summed E-state index contributed by atoms with van der Waals surface area (Å²) < 4.78 is 2.10. The van der Waals surface area contributed by atoms with Gasteiger partial charge in [-0.1, -0.05) is 47.5 Å². The Morgan fingerprint density at radius 3 is 2.12 bits per heavy atom. The highest BCUT2D eigenvalue weighted by molar-refractivity contribution is 6.28. The van der Waals surface area contributed by atoms with Gasteiger partial charge in [0.2, 0.25) is 5.28 Å². The summed E-state index contributed by atoms with van der Waals surface area (Å²) in [5, 5.41) is 8.78. The van der Waals surface area contributed by atoms with Gasteiger partial charge in [-0.3, -0.25) is 4.57 Å². The molecule has 1 rings (SSSR count). The average molecular weight is 258 g/mol. The van der Waals surface area contributed by atoms with E-state index >= 15 is 0 Å². The Morgan fingerprint density at radius 1 is 1.18 bits per heavy atom. The van der Waals surface area contributed by atoms with E-state index in [0.717, 1.165) is 18.7 Å². The van der Waals surface area contributed by atoms with Gasteiger partial charge >= 0.3 is 0 Å². The van der Waals surface area contributed by atoms with Gasteiger partial charge in [0, 0.05) is 11.5 Å². The van der Waals surface area contributed by atoms with Gasteiger partial charge in [0.05, 0.1) is 0 Å². The van der Waals surface area contributed by atoms with Crippen LogP contribution in [0.15, 0.2) is 0 Å². The molecule has 17 heavy (non-hydrogen) atoms. The maximum atomic E-state index is 6.19. The van der Waals surface area contributed by atoms with E-state index in [9.17, 15) is 0 Å². The Kier molecular flexibility index (Phi) is 4.59. The summed E-state index contributed by atoms with van der Waals surface area (Å²) in [5.74, 6) is 1.59. The number of aromatic nitrogens is 3. The number of hydrogen-bond donors (Lipinski definition) is 0. The smallest absolute Gasteiger partial charge is 0.225 e. The molecule has 0 aliphatic heterocycles. The molecule has 1 unspecified atom stereocenters. The minimum Gasteiger partial charge on any atom is -0.298 e. The summed E-state index contributed by atoms with van der Waals surface area (Å²) in [4.78, 5) is 0. The van der Waals surface area contributed by atoms with Crippen LogP contribution in [-0.4, -0.2) is 14.8 Å². The second-order valence-corrected chi connectivity index (χ2v) is 6.07. The number of hydrogen-bond acceptors (Lipinski definition) is 2. The maximum Gasteiger partial charge on any atom is 0.225 e. The zero-order valence-corrected chi connectivity index (χ0v) is 12.5. The molecule has 0 amide bonds. The molecule has 98 valence electrons. The molecular weight excluding hydrogens is 234 g/mol. The Morgan fingerprint density at radius 2 is 1.71 bits per heavy atom. The summed E-state index contributed by atoms with van der Waals surface area (Å²) in [5.41, 5.74) is -0.0273. The van der Waals surface area contributed by atoms with E-state index in [1.165, 1.54) is 0 Å². The van der Waals surface area contributed by atoms with Crippen LogP contribution in [0.5, 0.6) is 0 Å². The van der Waals surface area contributed by atoms with Gasteiger partial charge in [0.1, 0.15) is 5.82 Å². The molecular formula is C13H24ClN3. The largest absolute Gasteiger partial charge is 0.298 e. The SMILES string of the molecule is CCC(CC)C(C)n1c(Cl)nnc1C(C)(C)C. The van der Waals surface area contributed by atoms with Crippen LogP contribution in [0.3, 0.4) is 0 Å². The Labute approximate surface area is 110 Å². The molecule has 0 aliphatic rings. The van der Waals surface area contributed by atoms with Gasteiger partial charge < -0.3 is 0 Å². The minimum absolute atomic E-state index is 0.0273. The highest BCUT2D eigenvalue weighted by Gasteiger charge is 2.28. The van der Waals surface area contributed by atoms with E-state index in [4.69, 9.17) is 11.6 Å². The molecule has 0 N–H and O–H groups in total. The van der Waals surface area contributed by atoms with Gasteiger partial charge in [0.25, 0.3) is 0 Å². The third-order valence-electron chi connectivity index (χ3n) is 3.46. The maximum absolute atomic E-state index is 6.19. The molecule has 1 aromatic heterocycles. The van der Waals surface area contributed by atoms with E-state index in [1.54, 1.807) is 0 Å². The van der Waals surface area contributed by atoms with Crippen molar-refractivity contribution in [3.8, 4) is 0 Å². The van der Waals surface area contributed by atoms with Crippen molar-refractivity contribution in [2.75, 3.05) is 0 Å². The van der Waals surface area contributed by atoms with Crippen LogP contribution in [0.2, 0.25) is 5.28 Å². The molecule has 1 heterocycles. The van der Waals surface area contributed by atoms with Crippen molar-refractivity contribution in [1.29, 1.82) is 0 Å². The molecule has 0 spiro atoms. The topological polar surface area (TPSA) is 30.7 Å². The van der Waals surface area contributed by atoms with Crippen LogP contribution in [0.1, 0.15) is 66.3 Å². The third kappa shape index (κ3) is 3.01. The molecule has 0 aliphatic carbocycles. The highest BCUT2D eigenvalue weighted by atomic mass is 35.5. The first-order chi connectivity index (χ1) is 7.82. The Bertz CT molecular complexity index is 361. The van der Waals surface area contributed by atoms with Gasteiger partial charge in [-0.15, -0.1) is 10.2 Å². The first-order valence-corrected chi connectivity index (χ1v) is 6.81. The molecule has 1 atom stereocenters. The standard InChI is InChI=1S/C13H24ClN3/c1-7-10(8-2)9(3)17-11(13(4,5)6)15-16-12(17)14/h9-10H,7-8H2,1-6H3. The Hall–Kier alpha value is -0.570. The van der Waals surface area contributed by atoms with Crippen molar-refractivity contribution in [3.63, 3.8) is 0 Å². The third-order valence-corrected chi connectivity index (χ3v) is 3.72. The van der Waals surface area contributed by atoms with E-state index < -0.39 is 0 Å². The monoisotopic (exact) mass is 257 g/mol. The summed E-state index contributed by atoms with van der Waals surface area (Å²) in [6.45, 7) is 13.1. The van der Waals surface area contributed by atoms with E-state index in [2.05, 4.69) is 56.3 Å². The number of rotatable bonds is 4.